The molecule has 0 bridgehead atoms. The number of aryl methyl sites for hydroxylation is 2. The summed E-state index contributed by atoms with van der Waals surface area (Å²) in [6, 6.07) is 0.473. The monoisotopic (exact) mass is 271 g/mol. The van der Waals surface area contributed by atoms with Gasteiger partial charge in [-0.15, -0.1) is 11.3 Å². The third kappa shape index (κ3) is 3.30. The highest BCUT2D eigenvalue weighted by atomic mass is 32.1. The second-order valence-electron chi connectivity index (χ2n) is 4.08. The number of amides is 1. The first-order valence-corrected chi connectivity index (χ1v) is 6.49. The van der Waals surface area contributed by atoms with Crippen LogP contribution < -0.4 is 5.32 Å². The highest BCUT2D eigenvalue weighted by Gasteiger charge is 2.26. The van der Waals surface area contributed by atoms with Crippen LogP contribution in [0.4, 0.5) is 0 Å². The van der Waals surface area contributed by atoms with Gasteiger partial charge in [-0.1, -0.05) is 6.92 Å². The van der Waals surface area contributed by atoms with Gasteiger partial charge < -0.3 is 15.5 Å². The Kier molecular flexibility index (Phi) is 4.86. The van der Waals surface area contributed by atoms with Crippen LogP contribution in [0.25, 0.3) is 0 Å². The summed E-state index contributed by atoms with van der Waals surface area (Å²) >= 11 is 1.33. The van der Waals surface area contributed by atoms with Crippen molar-refractivity contribution < 1.29 is 19.8 Å². The van der Waals surface area contributed by atoms with E-state index < -0.39 is 24.0 Å². The summed E-state index contributed by atoms with van der Waals surface area (Å²) in [4.78, 5) is 24.3. The van der Waals surface area contributed by atoms with Gasteiger partial charge in [-0.25, -0.2) is 4.79 Å². The molecule has 1 heterocycles. The number of aliphatic carboxylic acids is 1. The largest absolute Gasteiger partial charge is 0.480 e. The fourth-order valence-electron chi connectivity index (χ4n) is 1.58. The van der Waals surface area contributed by atoms with Gasteiger partial charge in [0.25, 0.3) is 5.91 Å². The lowest BCUT2D eigenvalue weighted by atomic mass is 10.1. The molecule has 0 unspecified atom stereocenters. The van der Waals surface area contributed by atoms with Crippen LogP contribution in [0.15, 0.2) is 6.07 Å². The van der Waals surface area contributed by atoms with Crippen LogP contribution in [-0.2, 0) is 11.2 Å². The van der Waals surface area contributed by atoms with Crippen LogP contribution in [0.1, 0.15) is 34.0 Å². The molecule has 0 saturated heterocycles. The molecule has 1 aromatic rings. The van der Waals surface area contributed by atoms with E-state index in [1.54, 1.807) is 6.07 Å². The minimum Gasteiger partial charge on any atom is -0.480 e. The number of rotatable bonds is 5. The van der Waals surface area contributed by atoms with E-state index in [1.165, 1.54) is 18.3 Å². The highest BCUT2D eigenvalue weighted by Crippen LogP contribution is 2.22. The van der Waals surface area contributed by atoms with Gasteiger partial charge >= 0.3 is 5.97 Å². The van der Waals surface area contributed by atoms with E-state index in [4.69, 9.17) is 5.11 Å². The Morgan fingerprint density at radius 2 is 2.11 bits per heavy atom. The fourth-order valence-corrected chi connectivity index (χ4v) is 2.60. The summed E-state index contributed by atoms with van der Waals surface area (Å²) in [7, 11) is 0. The average molecular weight is 271 g/mol. The summed E-state index contributed by atoms with van der Waals surface area (Å²) in [5.74, 6) is -1.71. The summed E-state index contributed by atoms with van der Waals surface area (Å²) in [6.07, 6.45) is -0.313. The van der Waals surface area contributed by atoms with Gasteiger partial charge in [-0.2, -0.15) is 0 Å². The maximum atomic E-state index is 11.9. The van der Waals surface area contributed by atoms with E-state index in [9.17, 15) is 14.7 Å². The Morgan fingerprint density at radius 3 is 2.50 bits per heavy atom. The van der Waals surface area contributed by atoms with Crippen LogP contribution in [0.5, 0.6) is 0 Å². The Hall–Kier alpha value is -1.40. The maximum Gasteiger partial charge on any atom is 0.328 e. The lowest BCUT2D eigenvalue weighted by Gasteiger charge is -2.16. The number of hydrogen-bond donors (Lipinski definition) is 3. The van der Waals surface area contributed by atoms with Crippen LogP contribution in [0, 0.1) is 6.92 Å². The molecule has 3 N–H and O–H groups in total. The number of aliphatic hydroxyl groups is 1. The van der Waals surface area contributed by atoms with Gasteiger partial charge in [-0.3, -0.25) is 4.79 Å². The Bertz CT molecular complexity index is 453. The number of nitrogens with one attached hydrogen (secondary N) is 1. The third-order valence-electron chi connectivity index (χ3n) is 2.66. The second-order valence-corrected chi connectivity index (χ2v) is 5.33. The van der Waals surface area contributed by atoms with Gasteiger partial charge in [0.1, 0.15) is 0 Å². The van der Waals surface area contributed by atoms with Crippen molar-refractivity contribution >= 4 is 23.2 Å². The van der Waals surface area contributed by atoms with Gasteiger partial charge in [0, 0.05) is 4.88 Å². The van der Waals surface area contributed by atoms with E-state index in [2.05, 4.69) is 5.32 Å². The average Bonchev–Trinajstić information content (AvgIpc) is 2.66. The van der Waals surface area contributed by atoms with Crippen molar-refractivity contribution in [3.8, 4) is 0 Å². The van der Waals surface area contributed by atoms with E-state index in [1.807, 2.05) is 13.8 Å². The van der Waals surface area contributed by atoms with Crippen molar-refractivity contribution in [3.05, 3.63) is 21.4 Å². The van der Waals surface area contributed by atoms with Crippen molar-refractivity contribution in [2.75, 3.05) is 0 Å². The molecule has 18 heavy (non-hydrogen) atoms. The first kappa shape index (κ1) is 14.7. The normalized spacial score (nSPS) is 14.0. The summed E-state index contributed by atoms with van der Waals surface area (Å²) in [6.45, 7) is 5.24. The number of carboxylic acids is 1. The third-order valence-corrected chi connectivity index (χ3v) is 3.75. The zero-order chi connectivity index (χ0) is 13.9. The number of hydrogen-bond acceptors (Lipinski definition) is 4. The number of carboxylic acid groups (broad SMARTS) is 1. The standard InChI is InChI=1S/C12H17NO4S/c1-4-8-5-9(18-7(8)3)11(15)13-10(6(2)14)12(16)17/h5-6,10,14H,4H2,1-3H3,(H,13,15)(H,16,17)/t6-,10+/m1/s1. The van der Waals surface area contributed by atoms with E-state index in [0.29, 0.717) is 4.88 Å². The topological polar surface area (TPSA) is 86.6 Å². The molecule has 100 valence electrons. The van der Waals surface area contributed by atoms with Crippen molar-refractivity contribution in [2.45, 2.75) is 39.3 Å². The van der Waals surface area contributed by atoms with Crippen molar-refractivity contribution in [3.63, 3.8) is 0 Å². The molecular weight excluding hydrogens is 254 g/mol. The van der Waals surface area contributed by atoms with Crippen LogP contribution >= 0.6 is 11.3 Å². The second kappa shape index (κ2) is 5.97. The molecule has 0 spiro atoms. The minimum absolute atomic E-state index is 0.462. The highest BCUT2D eigenvalue weighted by molar-refractivity contribution is 7.14. The van der Waals surface area contributed by atoms with E-state index in [-0.39, 0.29) is 0 Å². The van der Waals surface area contributed by atoms with Crippen molar-refractivity contribution in [1.82, 2.24) is 5.32 Å². The molecular formula is C12H17NO4S. The molecule has 0 aliphatic carbocycles. The van der Waals surface area contributed by atoms with Crippen molar-refractivity contribution in [2.24, 2.45) is 0 Å². The Balaban J connectivity index is 2.83. The summed E-state index contributed by atoms with van der Waals surface area (Å²) in [5.41, 5.74) is 1.08. The molecule has 6 heteroatoms. The lowest BCUT2D eigenvalue weighted by molar-refractivity contribution is -0.141. The molecule has 2 atom stereocenters. The number of thiophene rings is 1. The smallest absolute Gasteiger partial charge is 0.328 e. The van der Waals surface area contributed by atoms with Gasteiger partial charge in [0.05, 0.1) is 11.0 Å². The molecule has 0 saturated carbocycles. The SMILES string of the molecule is CCc1cc(C(=O)N[C@H](C(=O)O)[C@@H](C)O)sc1C. The van der Waals surface area contributed by atoms with Gasteiger partial charge in [-0.05, 0) is 31.9 Å². The molecule has 5 nitrogen and oxygen atoms in total. The zero-order valence-electron chi connectivity index (χ0n) is 10.6. The molecule has 0 aliphatic heterocycles. The first-order chi connectivity index (χ1) is 8.36. The van der Waals surface area contributed by atoms with E-state index >= 15 is 0 Å². The maximum absolute atomic E-state index is 11.9. The number of aliphatic hydroxyl groups excluding tert-OH is 1. The summed E-state index contributed by atoms with van der Waals surface area (Å²) in [5, 5.41) is 20.5. The van der Waals surface area contributed by atoms with Crippen LogP contribution in [0.3, 0.4) is 0 Å². The molecule has 1 rings (SSSR count). The summed E-state index contributed by atoms with van der Waals surface area (Å²) < 4.78 is 0. The number of carbonyl (C=O) groups excluding carboxylic acids is 1. The van der Waals surface area contributed by atoms with Gasteiger partial charge in [0.15, 0.2) is 6.04 Å². The fraction of sp³-hybridized carbons (Fsp3) is 0.500. The quantitative estimate of drug-likeness (QED) is 0.750. The van der Waals surface area contributed by atoms with E-state index in [0.717, 1.165) is 16.9 Å². The predicted molar refractivity (Wildman–Crippen MR) is 69.0 cm³/mol. The van der Waals surface area contributed by atoms with Crippen LogP contribution in [0.2, 0.25) is 0 Å². The predicted octanol–water partition coefficient (Wildman–Crippen LogP) is 1.18. The Labute approximate surface area is 109 Å². The van der Waals surface area contributed by atoms with Crippen molar-refractivity contribution in [1.29, 1.82) is 0 Å². The Morgan fingerprint density at radius 1 is 1.50 bits per heavy atom. The molecule has 0 aromatic carbocycles. The molecule has 1 aromatic heterocycles. The molecule has 0 radical (unpaired) electrons. The minimum atomic E-state index is -1.29. The number of carbonyl (C=O) groups is 2. The lowest BCUT2D eigenvalue weighted by Crippen LogP contribution is -2.47. The zero-order valence-corrected chi connectivity index (χ0v) is 11.4. The van der Waals surface area contributed by atoms with Crippen LogP contribution in [-0.4, -0.2) is 34.2 Å². The molecule has 0 fully saturated rings. The molecule has 0 aliphatic rings. The van der Waals surface area contributed by atoms with Gasteiger partial charge in [0.2, 0.25) is 0 Å². The first-order valence-electron chi connectivity index (χ1n) is 5.67. The molecule has 1 amide bonds.